The number of benzene rings is 2. The predicted octanol–water partition coefficient (Wildman–Crippen LogP) is 6.50. The summed E-state index contributed by atoms with van der Waals surface area (Å²) in [6, 6.07) is 6.43. The molecule has 0 spiro atoms. The third-order valence-corrected chi connectivity index (χ3v) is 4.32. The van der Waals surface area contributed by atoms with E-state index in [4.69, 9.17) is 11.6 Å². The van der Waals surface area contributed by atoms with E-state index in [-0.39, 0.29) is 22.1 Å². The highest BCUT2D eigenvalue weighted by molar-refractivity contribution is 7.14. The molecule has 0 radical (unpaired) electrons. The van der Waals surface area contributed by atoms with Gasteiger partial charge in [-0.15, -0.1) is 11.3 Å². The minimum Gasteiger partial charge on any atom is -0.332 e. The maximum atomic E-state index is 13.8. The average Bonchev–Trinajstić information content (AvgIpc) is 2.96. The van der Waals surface area contributed by atoms with Crippen molar-refractivity contribution in [2.75, 3.05) is 5.32 Å². The molecule has 0 aliphatic carbocycles. The normalized spacial score (nSPS) is 11.6. The summed E-state index contributed by atoms with van der Waals surface area (Å²) in [5.74, 6) is -1.49. The van der Waals surface area contributed by atoms with E-state index in [1.807, 2.05) is 0 Å². The van der Waals surface area contributed by atoms with Crippen molar-refractivity contribution in [3.8, 4) is 11.3 Å². The van der Waals surface area contributed by atoms with Gasteiger partial charge in [-0.3, -0.25) is 0 Å². The standard InChI is InChI=1S/C16H8ClF5N2S/c17-12-4-2-9(6-11(12)16(20,21)22)23-15-24-14(7-25-15)10-3-1-8(18)5-13(10)19/h1-7H,(H,23,24). The molecular weight excluding hydrogens is 383 g/mol. The number of rotatable bonds is 3. The van der Waals surface area contributed by atoms with Crippen LogP contribution in [0.5, 0.6) is 0 Å². The zero-order valence-electron chi connectivity index (χ0n) is 12.2. The van der Waals surface area contributed by atoms with E-state index < -0.39 is 28.4 Å². The molecule has 0 aliphatic heterocycles. The Balaban J connectivity index is 1.87. The number of alkyl halides is 3. The van der Waals surface area contributed by atoms with Crippen molar-refractivity contribution in [2.24, 2.45) is 0 Å². The summed E-state index contributed by atoms with van der Waals surface area (Å²) in [5.41, 5.74) is -0.495. The van der Waals surface area contributed by atoms with Crippen molar-refractivity contribution in [1.82, 2.24) is 4.98 Å². The summed E-state index contributed by atoms with van der Waals surface area (Å²) >= 11 is 6.64. The molecule has 0 saturated carbocycles. The van der Waals surface area contributed by atoms with Gasteiger partial charge in [0.05, 0.1) is 16.3 Å². The summed E-state index contributed by atoms with van der Waals surface area (Å²) in [5, 5.41) is 4.08. The van der Waals surface area contributed by atoms with E-state index in [0.29, 0.717) is 0 Å². The molecule has 3 rings (SSSR count). The molecule has 0 atom stereocenters. The highest BCUT2D eigenvalue weighted by Crippen LogP contribution is 2.37. The Morgan fingerprint density at radius 3 is 2.48 bits per heavy atom. The van der Waals surface area contributed by atoms with Crippen molar-refractivity contribution in [2.45, 2.75) is 6.18 Å². The van der Waals surface area contributed by atoms with Gasteiger partial charge < -0.3 is 5.32 Å². The summed E-state index contributed by atoms with van der Waals surface area (Å²) in [4.78, 5) is 4.11. The molecule has 0 bridgehead atoms. The lowest BCUT2D eigenvalue weighted by molar-refractivity contribution is -0.137. The lowest BCUT2D eigenvalue weighted by atomic mass is 10.1. The van der Waals surface area contributed by atoms with Crippen LogP contribution in [0, 0.1) is 11.6 Å². The molecule has 130 valence electrons. The van der Waals surface area contributed by atoms with Crippen LogP contribution in [0.15, 0.2) is 41.8 Å². The van der Waals surface area contributed by atoms with Gasteiger partial charge in [0.15, 0.2) is 5.13 Å². The van der Waals surface area contributed by atoms with E-state index in [0.717, 1.165) is 35.6 Å². The van der Waals surface area contributed by atoms with Crippen LogP contribution >= 0.6 is 22.9 Å². The predicted molar refractivity (Wildman–Crippen MR) is 87.2 cm³/mol. The van der Waals surface area contributed by atoms with Crippen LogP contribution in [0.2, 0.25) is 5.02 Å². The minimum absolute atomic E-state index is 0.0952. The zero-order chi connectivity index (χ0) is 18.2. The van der Waals surface area contributed by atoms with Crippen LogP contribution in [-0.2, 0) is 6.18 Å². The number of nitrogens with one attached hydrogen (secondary N) is 1. The molecule has 0 saturated heterocycles. The van der Waals surface area contributed by atoms with Crippen LogP contribution in [0.1, 0.15) is 5.56 Å². The number of hydrogen-bond acceptors (Lipinski definition) is 3. The van der Waals surface area contributed by atoms with Crippen molar-refractivity contribution < 1.29 is 22.0 Å². The Morgan fingerprint density at radius 1 is 1.04 bits per heavy atom. The Bertz CT molecular complexity index is 923. The van der Waals surface area contributed by atoms with E-state index >= 15 is 0 Å². The fourth-order valence-electron chi connectivity index (χ4n) is 2.10. The van der Waals surface area contributed by atoms with E-state index in [1.165, 1.54) is 17.5 Å². The first-order valence-electron chi connectivity index (χ1n) is 6.79. The second kappa shape index (κ2) is 6.61. The summed E-state index contributed by atoms with van der Waals surface area (Å²) < 4.78 is 65.3. The first kappa shape index (κ1) is 17.6. The lowest BCUT2D eigenvalue weighted by Gasteiger charge is -2.11. The molecule has 0 unspecified atom stereocenters. The van der Waals surface area contributed by atoms with Gasteiger partial charge in [0.1, 0.15) is 11.6 Å². The second-order valence-electron chi connectivity index (χ2n) is 4.98. The van der Waals surface area contributed by atoms with E-state index in [9.17, 15) is 22.0 Å². The van der Waals surface area contributed by atoms with Gasteiger partial charge in [-0.05, 0) is 30.3 Å². The SMILES string of the molecule is Fc1ccc(-c2csc(Nc3ccc(Cl)c(C(F)(F)F)c3)n2)c(F)c1. The van der Waals surface area contributed by atoms with Crippen LogP contribution in [0.25, 0.3) is 11.3 Å². The largest absolute Gasteiger partial charge is 0.417 e. The average molecular weight is 391 g/mol. The van der Waals surface area contributed by atoms with Crippen LogP contribution in [0.3, 0.4) is 0 Å². The third kappa shape index (κ3) is 3.91. The molecule has 9 heteroatoms. The quantitative estimate of drug-likeness (QED) is 0.516. The lowest BCUT2D eigenvalue weighted by Crippen LogP contribution is -2.06. The fourth-order valence-corrected chi connectivity index (χ4v) is 3.05. The first-order chi connectivity index (χ1) is 11.7. The minimum atomic E-state index is -4.58. The second-order valence-corrected chi connectivity index (χ2v) is 6.24. The third-order valence-electron chi connectivity index (χ3n) is 3.23. The fraction of sp³-hybridized carbons (Fsp3) is 0.0625. The molecule has 0 amide bonds. The van der Waals surface area contributed by atoms with Gasteiger partial charge in [-0.1, -0.05) is 11.6 Å². The molecule has 1 N–H and O–H groups in total. The Labute approximate surface area is 147 Å². The summed E-state index contributed by atoms with van der Waals surface area (Å²) in [6.07, 6.45) is -4.58. The maximum absolute atomic E-state index is 13.8. The Hall–Kier alpha value is -2.19. The van der Waals surface area contributed by atoms with Gasteiger partial charge in [0.25, 0.3) is 0 Å². The highest BCUT2D eigenvalue weighted by atomic mass is 35.5. The van der Waals surface area contributed by atoms with Gasteiger partial charge in [-0.25, -0.2) is 13.8 Å². The van der Waals surface area contributed by atoms with Crippen molar-refractivity contribution in [3.05, 3.63) is 64.0 Å². The number of anilines is 2. The van der Waals surface area contributed by atoms with Gasteiger partial charge >= 0.3 is 6.18 Å². The van der Waals surface area contributed by atoms with E-state index in [1.54, 1.807) is 0 Å². The molecular formula is C16H8ClF5N2S. The molecule has 1 aromatic heterocycles. The topological polar surface area (TPSA) is 24.9 Å². The van der Waals surface area contributed by atoms with Crippen LogP contribution in [0.4, 0.5) is 32.8 Å². The van der Waals surface area contributed by atoms with Crippen LogP contribution in [-0.4, -0.2) is 4.98 Å². The first-order valence-corrected chi connectivity index (χ1v) is 8.04. The molecule has 2 aromatic carbocycles. The van der Waals surface area contributed by atoms with Gasteiger partial charge in [-0.2, -0.15) is 13.2 Å². The Kier molecular flexibility index (Phi) is 4.66. The highest BCUT2D eigenvalue weighted by Gasteiger charge is 2.33. The van der Waals surface area contributed by atoms with Gasteiger partial charge in [0, 0.05) is 22.7 Å². The van der Waals surface area contributed by atoms with E-state index in [2.05, 4.69) is 10.3 Å². The zero-order valence-corrected chi connectivity index (χ0v) is 13.7. The number of halogens is 6. The maximum Gasteiger partial charge on any atom is 0.417 e. The van der Waals surface area contributed by atoms with Gasteiger partial charge in [0.2, 0.25) is 0 Å². The Morgan fingerprint density at radius 2 is 1.80 bits per heavy atom. The number of nitrogens with zero attached hydrogens (tertiary/aromatic N) is 1. The number of aromatic nitrogens is 1. The molecule has 25 heavy (non-hydrogen) atoms. The smallest absolute Gasteiger partial charge is 0.332 e. The summed E-state index contributed by atoms with van der Waals surface area (Å²) in [6.45, 7) is 0. The molecule has 0 aliphatic rings. The number of hydrogen-bond donors (Lipinski definition) is 1. The van der Waals surface area contributed by atoms with Crippen molar-refractivity contribution >= 4 is 33.8 Å². The van der Waals surface area contributed by atoms with Crippen molar-refractivity contribution in [3.63, 3.8) is 0 Å². The van der Waals surface area contributed by atoms with Crippen LogP contribution < -0.4 is 5.32 Å². The summed E-state index contributed by atoms with van der Waals surface area (Å²) in [7, 11) is 0. The molecule has 1 heterocycles. The molecule has 2 nitrogen and oxygen atoms in total. The molecule has 0 fully saturated rings. The molecule has 3 aromatic rings. The van der Waals surface area contributed by atoms with Crippen molar-refractivity contribution in [1.29, 1.82) is 0 Å². The monoisotopic (exact) mass is 390 g/mol. The number of thiazole rings is 1.